The first kappa shape index (κ1) is 16.9. The Morgan fingerprint density at radius 2 is 2.05 bits per heavy atom. The summed E-state index contributed by atoms with van der Waals surface area (Å²) in [5.41, 5.74) is 0. The average Bonchev–Trinajstić information content (AvgIpc) is 2.36. The normalized spacial score (nSPS) is 22.2. The molecule has 1 aliphatic heterocycles. The average molecular weight is 306 g/mol. The molecule has 1 amide bonds. The van der Waals surface area contributed by atoms with Gasteiger partial charge in [-0.3, -0.25) is 9.59 Å². The molecule has 116 valence electrons. The summed E-state index contributed by atoms with van der Waals surface area (Å²) < 4.78 is 24.3. The van der Waals surface area contributed by atoms with Crippen molar-refractivity contribution in [3.05, 3.63) is 0 Å². The molecule has 0 saturated carbocycles. The van der Waals surface area contributed by atoms with E-state index in [-0.39, 0.29) is 24.9 Å². The minimum Gasteiger partial charge on any atom is -0.481 e. The monoisotopic (exact) mass is 306 g/mol. The number of hydrogen-bond donors (Lipinski definition) is 1. The molecule has 0 aromatic heterocycles. The van der Waals surface area contributed by atoms with Gasteiger partial charge < -0.3 is 10.0 Å². The molecule has 1 saturated heterocycles. The number of carboxylic acid groups (broad SMARTS) is 1. The molecule has 20 heavy (non-hydrogen) atoms. The molecular formula is C12H22N2O5S. The van der Waals surface area contributed by atoms with Crippen LogP contribution in [0, 0.1) is 11.8 Å². The summed E-state index contributed by atoms with van der Waals surface area (Å²) in [6.45, 7) is 2.29. The summed E-state index contributed by atoms with van der Waals surface area (Å²) >= 11 is 0. The van der Waals surface area contributed by atoms with Gasteiger partial charge in [0.25, 0.3) is 0 Å². The van der Waals surface area contributed by atoms with Crippen molar-refractivity contribution in [1.29, 1.82) is 0 Å². The fraction of sp³-hybridized carbons (Fsp3) is 0.833. The third kappa shape index (κ3) is 4.45. The Morgan fingerprint density at radius 3 is 2.55 bits per heavy atom. The molecule has 2 atom stereocenters. The lowest BCUT2D eigenvalue weighted by molar-refractivity contribution is -0.143. The van der Waals surface area contributed by atoms with Gasteiger partial charge in [-0.05, 0) is 12.8 Å². The van der Waals surface area contributed by atoms with Crippen molar-refractivity contribution in [2.45, 2.75) is 19.8 Å². The lowest BCUT2D eigenvalue weighted by atomic mass is 9.98. The van der Waals surface area contributed by atoms with Gasteiger partial charge in [0.1, 0.15) is 0 Å². The van der Waals surface area contributed by atoms with E-state index >= 15 is 0 Å². The summed E-state index contributed by atoms with van der Waals surface area (Å²) in [6, 6.07) is 0. The van der Waals surface area contributed by atoms with E-state index in [2.05, 4.69) is 0 Å². The van der Waals surface area contributed by atoms with E-state index in [1.54, 1.807) is 7.05 Å². The van der Waals surface area contributed by atoms with Crippen molar-refractivity contribution in [2.24, 2.45) is 11.8 Å². The highest BCUT2D eigenvalue weighted by Crippen LogP contribution is 2.20. The predicted octanol–water partition coefficient (Wildman–Crippen LogP) is -0.163. The van der Waals surface area contributed by atoms with Crippen molar-refractivity contribution in [3.8, 4) is 0 Å². The molecule has 1 fully saturated rings. The number of carbonyl (C=O) groups is 2. The number of hydrogen-bond acceptors (Lipinski definition) is 4. The van der Waals surface area contributed by atoms with Crippen molar-refractivity contribution in [3.63, 3.8) is 0 Å². The maximum atomic E-state index is 12.2. The zero-order valence-electron chi connectivity index (χ0n) is 12.1. The Morgan fingerprint density at radius 1 is 1.45 bits per heavy atom. The quantitative estimate of drug-likeness (QED) is 0.761. The second-order valence-electron chi connectivity index (χ2n) is 5.42. The maximum Gasteiger partial charge on any atom is 0.308 e. The van der Waals surface area contributed by atoms with Crippen LogP contribution in [-0.4, -0.2) is 67.5 Å². The maximum absolute atomic E-state index is 12.2. The molecule has 1 aliphatic rings. The van der Waals surface area contributed by atoms with Crippen LogP contribution < -0.4 is 0 Å². The Bertz CT molecular complexity index is 476. The van der Waals surface area contributed by atoms with Gasteiger partial charge in [-0.15, -0.1) is 0 Å². The molecule has 8 heteroatoms. The van der Waals surface area contributed by atoms with Crippen LogP contribution in [0.1, 0.15) is 19.8 Å². The Labute approximate surface area is 119 Å². The summed E-state index contributed by atoms with van der Waals surface area (Å²) in [5.74, 6) is -2.17. The van der Waals surface area contributed by atoms with Crippen LogP contribution in [0.5, 0.6) is 0 Å². The number of nitrogens with zero attached hydrogens (tertiary/aromatic N) is 2. The molecule has 1 rings (SSSR count). The van der Waals surface area contributed by atoms with E-state index in [1.807, 2.05) is 0 Å². The minimum atomic E-state index is -3.29. The molecule has 1 heterocycles. The van der Waals surface area contributed by atoms with Crippen LogP contribution in [0.4, 0.5) is 0 Å². The summed E-state index contributed by atoms with van der Waals surface area (Å²) in [6.07, 6.45) is 2.42. The van der Waals surface area contributed by atoms with E-state index < -0.39 is 21.9 Å². The Hall–Kier alpha value is -1.15. The first-order chi connectivity index (χ1) is 9.12. The van der Waals surface area contributed by atoms with Gasteiger partial charge >= 0.3 is 5.97 Å². The summed E-state index contributed by atoms with van der Waals surface area (Å²) in [7, 11) is -1.73. The zero-order valence-corrected chi connectivity index (χ0v) is 12.9. The minimum absolute atomic E-state index is 0.129. The van der Waals surface area contributed by atoms with E-state index in [9.17, 15) is 18.0 Å². The SMILES string of the molecule is CC(CN(C)C(=O)C1CCCN(S(C)(=O)=O)C1)C(=O)O. The molecule has 0 spiro atoms. The number of amides is 1. The van der Waals surface area contributed by atoms with Crippen molar-refractivity contribution in [2.75, 3.05) is 32.9 Å². The smallest absolute Gasteiger partial charge is 0.308 e. The second-order valence-corrected chi connectivity index (χ2v) is 7.40. The number of sulfonamides is 1. The van der Waals surface area contributed by atoms with E-state index in [0.29, 0.717) is 19.4 Å². The first-order valence-corrected chi connectivity index (χ1v) is 8.40. The van der Waals surface area contributed by atoms with Crippen LogP contribution in [0.2, 0.25) is 0 Å². The Balaban J connectivity index is 2.65. The lowest BCUT2D eigenvalue weighted by Crippen LogP contribution is -2.46. The fourth-order valence-corrected chi connectivity index (χ4v) is 3.25. The molecule has 0 aromatic rings. The number of carboxylic acids is 1. The second kappa shape index (κ2) is 6.53. The number of aliphatic carboxylic acids is 1. The molecule has 0 aromatic carbocycles. The van der Waals surface area contributed by atoms with Gasteiger partial charge in [0.15, 0.2) is 0 Å². The molecule has 0 aliphatic carbocycles. The van der Waals surface area contributed by atoms with Crippen molar-refractivity contribution < 1.29 is 23.1 Å². The van der Waals surface area contributed by atoms with Crippen LogP contribution in [-0.2, 0) is 19.6 Å². The molecular weight excluding hydrogens is 284 g/mol. The van der Waals surface area contributed by atoms with Crippen LogP contribution in [0.3, 0.4) is 0 Å². The van der Waals surface area contributed by atoms with Crippen LogP contribution >= 0.6 is 0 Å². The van der Waals surface area contributed by atoms with Crippen LogP contribution in [0.15, 0.2) is 0 Å². The first-order valence-electron chi connectivity index (χ1n) is 6.55. The van der Waals surface area contributed by atoms with Gasteiger partial charge in [-0.2, -0.15) is 0 Å². The lowest BCUT2D eigenvalue weighted by Gasteiger charge is -2.32. The molecule has 0 bridgehead atoms. The largest absolute Gasteiger partial charge is 0.481 e. The van der Waals surface area contributed by atoms with E-state index in [4.69, 9.17) is 5.11 Å². The highest BCUT2D eigenvalue weighted by molar-refractivity contribution is 7.88. The van der Waals surface area contributed by atoms with Crippen LogP contribution in [0.25, 0.3) is 0 Å². The zero-order chi connectivity index (χ0) is 15.5. The summed E-state index contributed by atoms with van der Waals surface area (Å²) in [5, 5.41) is 8.85. The topological polar surface area (TPSA) is 95.0 Å². The van der Waals surface area contributed by atoms with Gasteiger partial charge in [-0.1, -0.05) is 6.92 Å². The number of carbonyl (C=O) groups excluding carboxylic acids is 1. The van der Waals surface area contributed by atoms with E-state index in [1.165, 1.54) is 16.1 Å². The van der Waals surface area contributed by atoms with E-state index in [0.717, 1.165) is 6.26 Å². The highest BCUT2D eigenvalue weighted by Gasteiger charge is 2.32. The molecule has 0 radical (unpaired) electrons. The van der Waals surface area contributed by atoms with Crippen molar-refractivity contribution in [1.82, 2.24) is 9.21 Å². The standard InChI is InChI=1S/C12H22N2O5S/c1-9(12(16)17)7-13(2)11(15)10-5-4-6-14(8-10)20(3,18)19/h9-10H,4-8H2,1-3H3,(H,16,17). The number of piperidine rings is 1. The highest BCUT2D eigenvalue weighted by atomic mass is 32.2. The predicted molar refractivity (Wildman–Crippen MR) is 73.6 cm³/mol. The third-order valence-corrected chi connectivity index (χ3v) is 4.82. The molecule has 1 N–H and O–H groups in total. The van der Waals surface area contributed by atoms with Gasteiger partial charge in [-0.25, -0.2) is 12.7 Å². The van der Waals surface area contributed by atoms with Gasteiger partial charge in [0.05, 0.1) is 18.1 Å². The number of rotatable bonds is 5. The summed E-state index contributed by atoms with van der Waals surface area (Å²) in [4.78, 5) is 24.4. The Kier molecular flexibility index (Phi) is 5.52. The molecule has 2 unspecified atom stereocenters. The fourth-order valence-electron chi connectivity index (χ4n) is 2.34. The van der Waals surface area contributed by atoms with Crippen molar-refractivity contribution >= 4 is 21.9 Å². The molecule has 7 nitrogen and oxygen atoms in total. The third-order valence-electron chi connectivity index (χ3n) is 3.55. The van der Waals surface area contributed by atoms with Gasteiger partial charge in [0.2, 0.25) is 15.9 Å². The van der Waals surface area contributed by atoms with Gasteiger partial charge in [0, 0.05) is 26.7 Å².